The topological polar surface area (TPSA) is 41.0 Å². The number of aromatic nitrogens is 2. The van der Waals surface area contributed by atoms with Crippen LogP contribution in [0, 0.1) is 0 Å². The van der Waals surface area contributed by atoms with Crippen molar-refractivity contribution in [2.45, 2.75) is 18.4 Å². The van der Waals surface area contributed by atoms with Crippen LogP contribution in [0.1, 0.15) is 12.8 Å². The van der Waals surface area contributed by atoms with Gasteiger partial charge in [0.15, 0.2) is 0 Å². The lowest BCUT2D eigenvalue weighted by Gasteiger charge is -2.25. The summed E-state index contributed by atoms with van der Waals surface area (Å²) in [6, 6.07) is 5.99. The summed E-state index contributed by atoms with van der Waals surface area (Å²) in [6.45, 7) is 0.975. The molecule has 2 aromatic rings. The van der Waals surface area contributed by atoms with Gasteiger partial charge in [-0.05, 0) is 43.7 Å². The summed E-state index contributed by atoms with van der Waals surface area (Å²) in [7, 11) is 4.13. The molecule has 126 valence electrons. The third-order valence-electron chi connectivity index (χ3n) is 4.18. The lowest BCUT2D eigenvalue weighted by molar-refractivity contribution is 0.549. The molecule has 1 N–H and O–H groups in total. The number of nitrogens with zero attached hydrogens (tertiary/aromatic N) is 3. The van der Waals surface area contributed by atoms with E-state index in [4.69, 9.17) is 11.6 Å². The van der Waals surface area contributed by atoms with Crippen LogP contribution < -0.4 is 10.2 Å². The number of hydrogen-bond donors (Lipinski definition) is 1. The van der Waals surface area contributed by atoms with Crippen molar-refractivity contribution in [3.05, 3.63) is 41.9 Å². The van der Waals surface area contributed by atoms with Crippen LogP contribution in [0.5, 0.6) is 0 Å². The Balaban J connectivity index is 0.00000132. The third-order valence-corrected chi connectivity index (χ3v) is 4.48. The zero-order valence-electron chi connectivity index (χ0n) is 13.1. The first-order valence-corrected chi connectivity index (χ1v) is 7.47. The molecule has 0 aliphatic heterocycles. The van der Waals surface area contributed by atoms with Crippen molar-refractivity contribution in [2.75, 3.05) is 25.5 Å². The van der Waals surface area contributed by atoms with Gasteiger partial charge in [0.25, 0.3) is 0 Å². The Morgan fingerprint density at radius 2 is 1.91 bits per heavy atom. The molecule has 2 aromatic heterocycles. The largest absolute Gasteiger partial charge is 0.371 e. The zero-order chi connectivity index (χ0) is 14.9. The predicted molar refractivity (Wildman–Crippen MR) is 101 cm³/mol. The Labute approximate surface area is 154 Å². The molecule has 0 radical (unpaired) electrons. The molecule has 1 aliphatic rings. The summed E-state index contributed by atoms with van der Waals surface area (Å²) < 4.78 is 0. The van der Waals surface area contributed by atoms with Crippen LogP contribution in [0.2, 0.25) is 5.15 Å². The number of likely N-dealkylation sites (N-methyl/N-ethyl adjacent to an activating group) is 2. The van der Waals surface area contributed by atoms with Crippen molar-refractivity contribution >= 4 is 42.1 Å². The molecule has 3 rings (SSSR count). The van der Waals surface area contributed by atoms with Gasteiger partial charge < -0.3 is 10.2 Å². The van der Waals surface area contributed by atoms with E-state index in [9.17, 15) is 0 Å². The van der Waals surface area contributed by atoms with Gasteiger partial charge in [-0.15, -0.1) is 24.8 Å². The van der Waals surface area contributed by atoms with Crippen molar-refractivity contribution in [1.82, 2.24) is 15.3 Å². The third kappa shape index (κ3) is 4.48. The van der Waals surface area contributed by atoms with E-state index in [1.807, 2.05) is 25.4 Å². The Hall–Kier alpha value is -1.07. The van der Waals surface area contributed by atoms with Gasteiger partial charge in [-0.3, -0.25) is 4.98 Å². The van der Waals surface area contributed by atoms with E-state index in [0.29, 0.717) is 5.15 Å². The summed E-state index contributed by atoms with van der Waals surface area (Å²) in [5.41, 5.74) is 3.32. The molecule has 1 saturated carbocycles. The highest BCUT2D eigenvalue weighted by Gasteiger charge is 2.41. The normalized spacial score (nSPS) is 14.4. The van der Waals surface area contributed by atoms with Crippen molar-refractivity contribution < 1.29 is 0 Å². The van der Waals surface area contributed by atoms with Gasteiger partial charge in [-0.1, -0.05) is 11.6 Å². The lowest BCUT2D eigenvalue weighted by Crippen LogP contribution is -2.39. The number of halogens is 3. The fraction of sp³-hybridized carbons (Fsp3) is 0.375. The van der Waals surface area contributed by atoms with E-state index in [2.05, 4.69) is 33.3 Å². The smallest absolute Gasteiger partial charge is 0.136 e. The molecule has 2 heterocycles. The summed E-state index contributed by atoms with van der Waals surface area (Å²) in [6.07, 6.45) is 7.82. The second-order valence-electron chi connectivity index (χ2n) is 5.65. The number of anilines is 1. The van der Waals surface area contributed by atoms with Crippen molar-refractivity contribution in [1.29, 1.82) is 0 Å². The number of nitrogens with one attached hydrogen (secondary N) is 1. The van der Waals surface area contributed by atoms with Crippen molar-refractivity contribution in [2.24, 2.45) is 0 Å². The van der Waals surface area contributed by atoms with Crippen LogP contribution in [0.25, 0.3) is 11.1 Å². The Bertz CT molecular complexity index is 632. The molecule has 0 bridgehead atoms. The van der Waals surface area contributed by atoms with Gasteiger partial charge in [0.1, 0.15) is 5.15 Å². The maximum Gasteiger partial charge on any atom is 0.136 e. The van der Waals surface area contributed by atoms with Gasteiger partial charge in [-0.25, -0.2) is 4.98 Å². The molecule has 0 saturated heterocycles. The molecule has 23 heavy (non-hydrogen) atoms. The molecule has 4 nitrogen and oxygen atoms in total. The Morgan fingerprint density at radius 3 is 2.48 bits per heavy atom. The zero-order valence-corrected chi connectivity index (χ0v) is 15.5. The SMILES string of the molecule is CNC1(CN(C)c2cnc(Cl)c(-c3ccncc3)c2)CC1.Cl.Cl. The van der Waals surface area contributed by atoms with E-state index < -0.39 is 0 Å². The van der Waals surface area contributed by atoms with Gasteiger partial charge in [0, 0.05) is 37.1 Å². The number of hydrogen-bond acceptors (Lipinski definition) is 4. The van der Waals surface area contributed by atoms with E-state index in [1.54, 1.807) is 12.4 Å². The molecule has 0 amide bonds. The Kier molecular flexibility index (Phi) is 7.08. The van der Waals surface area contributed by atoms with E-state index in [0.717, 1.165) is 23.4 Å². The minimum Gasteiger partial charge on any atom is -0.371 e. The van der Waals surface area contributed by atoms with E-state index >= 15 is 0 Å². The molecule has 0 spiro atoms. The second-order valence-corrected chi connectivity index (χ2v) is 6.01. The summed E-state index contributed by atoms with van der Waals surface area (Å²) in [5, 5.41) is 3.94. The minimum absolute atomic E-state index is 0. The fourth-order valence-corrected chi connectivity index (χ4v) is 2.78. The first-order chi connectivity index (χ1) is 10.1. The molecule has 0 aromatic carbocycles. The highest BCUT2D eigenvalue weighted by atomic mass is 35.5. The molecule has 1 fully saturated rings. The molecule has 0 atom stereocenters. The van der Waals surface area contributed by atoms with Crippen LogP contribution in [0.4, 0.5) is 5.69 Å². The van der Waals surface area contributed by atoms with Crippen molar-refractivity contribution in [3.8, 4) is 11.1 Å². The highest BCUT2D eigenvalue weighted by molar-refractivity contribution is 6.32. The van der Waals surface area contributed by atoms with E-state index in [1.165, 1.54) is 12.8 Å². The van der Waals surface area contributed by atoms with Crippen LogP contribution in [0.15, 0.2) is 36.8 Å². The average molecular weight is 376 g/mol. The Morgan fingerprint density at radius 1 is 1.26 bits per heavy atom. The van der Waals surface area contributed by atoms with Crippen LogP contribution in [0.3, 0.4) is 0 Å². The first-order valence-electron chi connectivity index (χ1n) is 7.09. The maximum absolute atomic E-state index is 6.25. The van der Waals surface area contributed by atoms with Crippen LogP contribution >= 0.6 is 36.4 Å². The monoisotopic (exact) mass is 374 g/mol. The first kappa shape index (κ1) is 20.0. The van der Waals surface area contributed by atoms with Gasteiger partial charge in [0.05, 0.1) is 11.9 Å². The summed E-state index contributed by atoms with van der Waals surface area (Å²) in [5.74, 6) is 0. The predicted octanol–water partition coefficient (Wildman–Crippen LogP) is 3.83. The average Bonchev–Trinajstić information content (AvgIpc) is 3.28. The van der Waals surface area contributed by atoms with Gasteiger partial charge in [0.2, 0.25) is 0 Å². The number of pyridine rings is 2. The molecule has 7 heteroatoms. The maximum atomic E-state index is 6.25. The van der Waals surface area contributed by atoms with Gasteiger partial charge in [-0.2, -0.15) is 0 Å². The standard InChI is InChI=1S/C16H19ClN4.2ClH/c1-18-16(5-6-16)11-21(2)13-9-14(15(17)20-10-13)12-3-7-19-8-4-12;;/h3-4,7-10,18H,5-6,11H2,1-2H3;2*1H. The molecular formula is C16H21Cl3N4. The van der Waals surface area contributed by atoms with Crippen molar-refractivity contribution in [3.63, 3.8) is 0 Å². The quantitative estimate of drug-likeness (QED) is 0.806. The minimum atomic E-state index is 0. The van der Waals surface area contributed by atoms with Gasteiger partial charge >= 0.3 is 0 Å². The molecule has 1 aliphatic carbocycles. The van der Waals surface area contributed by atoms with Crippen LogP contribution in [-0.2, 0) is 0 Å². The summed E-state index contributed by atoms with van der Waals surface area (Å²) >= 11 is 6.25. The molecule has 0 unspecified atom stereocenters. The van der Waals surface area contributed by atoms with Crippen LogP contribution in [-0.4, -0.2) is 36.1 Å². The molecular weight excluding hydrogens is 355 g/mol. The fourth-order valence-electron chi connectivity index (χ4n) is 2.56. The second kappa shape index (κ2) is 8.15. The summed E-state index contributed by atoms with van der Waals surface area (Å²) in [4.78, 5) is 10.6. The highest BCUT2D eigenvalue weighted by Crippen LogP contribution is 2.37. The van der Waals surface area contributed by atoms with E-state index in [-0.39, 0.29) is 30.4 Å². The number of rotatable bonds is 5. The lowest BCUT2D eigenvalue weighted by atomic mass is 10.1.